The normalized spacial score (nSPS) is 22.2. The zero-order valence-corrected chi connectivity index (χ0v) is 9.90. The molecule has 0 aliphatic carbocycles. The lowest BCUT2D eigenvalue weighted by Gasteiger charge is -2.28. The van der Waals surface area contributed by atoms with Gasteiger partial charge in [0.25, 0.3) is 0 Å². The van der Waals surface area contributed by atoms with Crippen LogP contribution in [0.5, 0.6) is 0 Å². The molecule has 0 radical (unpaired) electrons. The fourth-order valence-electron chi connectivity index (χ4n) is 2.30. The van der Waals surface area contributed by atoms with Gasteiger partial charge in [-0.25, -0.2) is 0 Å². The smallest absolute Gasteiger partial charge is 0.181 e. The molecule has 4 heteroatoms. The first-order chi connectivity index (χ1) is 7.65. The summed E-state index contributed by atoms with van der Waals surface area (Å²) < 4.78 is 5.17. The van der Waals surface area contributed by atoms with E-state index >= 15 is 0 Å². The minimum atomic E-state index is -0.0317. The van der Waals surface area contributed by atoms with Crippen LogP contribution < -0.4 is 0 Å². The molecular weight excluding hydrogens is 204 g/mol. The highest BCUT2D eigenvalue weighted by molar-refractivity contribution is 5.91. The van der Waals surface area contributed by atoms with Gasteiger partial charge in [-0.1, -0.05) is 5.16 Å². The van der Waals surface area contributed by atoms with Gasteiger partial charge in [-0.15, -0.1) is 0 Å². The summed E-state index contributed by atoms with van der Waals surface area (Å²) in [6, 6.07) is 1.77. The number of rotatable bonds is 3. The zero-order valence-electron chi connectivity index (χ0n) is 9.90. The predicted octanol–water partition coefficient (Wildman–Crippen LogP) is 1.76. The Kier molecular flexibility index (Phi) is 3.39. The summed E-state index contributed by atoms with van der Waals surface area (Å²) in [6.07, 6.45) is 3.37. The van der Waals surface area contributed by atoms with Crippen molar-refractivity contribution in [3.8, 4) is 0 Å². The molecule has 2 heterocycles. The number of hydrogen-bond donors (Lipinski definition) is 0. The molecule has 1 saturated heterocycles. The SMILES string of the molecule is CC(=O)c1cc(CC2CCCN(C)C2)on1. The van der Waals surface area contributed by atoms with Crippen LogP contribution in [-0.2, 0) is 6.42 Å². The van der Waals surface area contributed by atoms with Crippen molar-refractivity contribution in [2.45, 2.75) is 26.2 Å². The van der Waals surface area contributed by atoms with Crippen LogP contribution in [0.3, 0.4) is 0 Å². The maximum atomic E-state index is 11.1. The fourth-order valence-corrected chi connectivity index (χ4v) is 2.30. The molecule has 1 aromatic rings. The van der Waals surface area contributed by atoms with Gasteiger partial charge in [-0.2, -0.15) is 0 Å². The molecular formula is C12H18N2O2. The summed E-state index contributed by atoms with van der Waals surface area (Å²) in [7, 11) is 2.15. The van der Waals surface area contributed by atoms with Gasteiger partial charge in [0.2, 0.25) is 0 Å². The molecule has 4 nitrogen and oxygen atoms in total. The van der Waals surface area contributed by atoms with Crippen LogP contribution in [0.1, 0.15) is 36.0 Å². The van der Waals surface area contributed by atoms with Crippen molar-refractivity contribution in [3.63, 3.8) is 0 Å². The second-order valence-electron chi connectivity index (χ2n) is 4.71. The van der Waals surface area contributed by atoms with E-state index in [2.05, 4.69) is 17.1 Å². The molecule has 2 rings (SSSR count). The fraction of sp³-hybridized carbons (Fsp3) is 0.667. The maximum Gasteiger partial charge on any atom is 0.181 e. The Balaban J connectivity index is 1.95. The van der Waals surface area contributed by atoms with Crippen molar-refractivity contribution in [3.05, 3.63) is 17.5 Å². The van der Waals surface area contributed by atoms with Crippen LogP contribution in [0.25, 0.3) is 0 Å². The highest BCUT2D eigenvalue weighted by atomic mass is 16.5. The number of ketones is 1. The van der Waals surface area contributed by atoms with E-state index in [-0.39, 0.29) is 5.78 Å². The van der Waals surface area contributed by atoms with E-state index in [0.717, 1.165) is 18.7 Å². The number of nitrogens with zero attached hydrogens (tertiary/aromatic N) is 2. The quantitative estimate of drug-likeness (QED) is 0.731. The Morgan fingerprint density at radius 2 is 2.50 bits per heavy atom. The maximum absolute atomic E-state index is 11.1. The first kappa shape index (κ1) is 11.3. The van der Waals surface area contributed by atoms with Crippen LogP contribution >= 0.6 is 0 Å². The molecule has 0 N–H and O–H groups in total. The van der Waals surface area contributed by atoms with Crippen molar-refractivity contribution >= 4 is 5.78 Å². The van der Waals surface area contributed by atoms with E-state index < -0.39 is 0 Å². The third kappa shape index (κ3) is 2.70. The van der Waals surface area contributed by atoms with E-state index in [0.29, 0.717) is 11.6 Å². The molecule has 0 amide bonds. The van der Waals surface area contributed by atoms with E-state index in [9.17, 15) is 4.79 Å². The molecule has 0 bridgehead atoms. The summed E-state index contributed by atoms with van der Waals surface area (Å²) in [5.74, 6) is 1.44. The van der Waals surface area contributed by atoms with Crippen molar-refractivity contribution in [1.82, 2.24) is 10.1 Å². The Bertz CT molecular complexity index is 373. The number of aromatic nitrogens is 1. The van der Waals surface area contributed by atoms with Crippen molar-refractivity contribution in [1.29, 1.82) is 0 Å². The van der Waals surface area contributed by atoms with Crippen molar-refractivity contribution < 1.29 is 9.32 Å². The van der Waals surface area contributed by atoms with Gasteiger partial charge in [0.05, 0.1) is 0 Å². The van der Waals surface area contributed by atoms with Crippen molar-refractivity contribution in [2.24, 2.45) is 5.92 Å². The molecule has 0 aromatic carbocycles. The van der Waals surface area contributed by atoms with Crippen LogP contribution in [0, 0.1) is 5.92 Å². The average Bonchev–Trinajstić information content (AvgIpc) is 2.66. The zero-order chi connectivity index (χ0) is 11.5. The first-order valence-electron chi connectivity index (χ1n) is 5.80. The van der Waals surface area contributed by atoms with Crippen LogP contribution in [-0.4, -0.2) is 36.0 Å². The van der Waals surface area contributed by atoms with Gasteiger partial charge in [-0.05, 0) is 32.4 Å². The molecule has 0 saturated carbocycles. The van der Waals surface area contributed by atoms with Crippen molar-refractivity contribution in [2.75, 3.05) is 20.1 Å². The average molecular weight is 222 g/mol. The molecule has 1 fully saturated rings. The molecule has 0 spiro atoms. The Labute approximate surface area is 95.6 Å². The minimum Gasteiger partial charge on any atom is -0.361 e. The number of hydrogen-bond acceptors (Lipinski definition) is 4. The molecule has 16 heavy (non-hydrogen) atoms. The summed E-state index contributed by atoms with van der Waals surface area (Å²) in [4.78, 5) is 13.4. The lowest BCUT2D eigenvalue weighted by atomic mass is 9.94. The standard InChI is InChI=1S/C12H18N2O2/c1-9(15)12-7-11(16-13-12)6-10-4-3-5-14(2)8-10/h7,10H,3-6,8H2,1-2H3. The van der Waals surface area contributed by atoms with Crippen LogP contribution in [0.4, 0.5) is 0 Å². The summed E-state index contributed by atoms with van der Waals surface area (Å²) in [5.41, 5.74) is 0.444. The highest BCUT2D eigenvalue weighted by Gasteiger charge is 2.19. The lowest BCUT2D eigenvalue weighted by molar-refractivity contribution is 0.100. The lowest BCUT2D eigenvalue weighted by Crippen LogP contribution is -2.32. The first-order valence-corrected chi connectivity index (χ1v) is 5.80. The van der Waals surface area contributed by atoms with Gasteiger partial charge in [0.15, 0.2) is 5.78 Å². The van der Waals surface area contributed by atoms with Gasteiger partial charge >= 0.3 is 0 Å². The number of piperidine rings is 1. The van der Waals surface area contributed by atoms with Gasteiger partial charge in [0, 0.05) is 26.0 Å². The Hall–Kier alpha value is -1.16. The van der Waals surface area contributed by atoms with Crippen LogP contribution in [0.2, 0.25) is 0 Å². The summed E-state index contributed by atoms with van der Waals surface area (Å²) in [6.45, 7) is 3.80. The topological polar surface area (TPSA) is 46.3 Å². The van der Waals surface area contributed by atoms with E-state index in [1.807, 2.05) is 0 Å². The number of carbonyl (C=O) groups is 1. The molecule has 1 atom stereocenters. The molecule has 1 aromatic heterocycles. The van der Waals surface area contributed by atoms with E-state index in [1.165, 1.54) is 26.3 Å². The molecule has 1 aliphatic rings. The van der Waals surface area contributed by atoms with Crippen LogP contribution in [0.15, 0.2) is 10.6 Å². The van der Waals surface area contributed by atoms with Gasteiger partial charge in [-0.3, -0.25) is 4.79 Å². The van der Waals surface area contributed by atoms with E-state index in [4.69, 9.17) is 4.52 Å². The monoisotopic (exact) mass is 222 g/mol. The number of carbonyl (C=O) groups excluding carboxylic acids is 1. The highest BCUT2D eigenvalue weighted by Crippen LogP contribution is 2.20. The molecule has 88 valence electrons. The third-order valence-corrected chi connectivity index (χ3v) is 3.13. The largest absolute Gasteiger partial charge is 0.361 e. The molecule has 1 unspecified atom stereocenters. The van der Waals surface area contributed by atoms with Gasteiger partial charge < -0.3 is 9.42 Å². The second-order valence-corrected chi connectivity index (χ2v) is 4.71. The number of likely N-dealkylation sites (tertiary alicyclic amines) is 1. The molecule has 1 aliphatic heterocycles. The summed E-state index contributed by atoms with van der Waals surface area (Å²) >= 11 is 0. The Morgan fingerprint density at radius 3 is 3.12 bits per heavy atom. The van der Waals surface area contributed by atoms with Gasteiger partial charge in [0.1, 0.15) is 11.5 Å². The Morgan fingerprint density at radius 1 is 1.69 bits per heavy atom. The summed E-state index contributed by atoms with van der Waals surface area (Å²) in [5, 5.41) is 3.76. The minimum absolute atomic E-state index is 0.0317. The second kappa shape index (κ2) is 4.78. The van der Waals surface area contributed by atoms with E-state index in [1.54, 1.807) is 6.07 Å². The third-order valence-electron chi connectivity index (χ3n) is 3.13. The number of Topliss-reactive ketones (excluding diaryl/α,β-unsaturated/α-hetero) is 1. The predicted molar refractivity (Wildman–Crippen MR) is 60.4 cm³/mol.